The third kappa shape index (κ3) is 5.90. The van der Waals surface area contributed by atoms with E-state index >= 15 is 0 Å². The Kier molecular flexibility index (Phi) is 7.99. The van der Waals surface area contributed by atoms with E-state index in [0.29, 0.717) is 12.0 Å². The van der Waals surface area contributed by atoms with Crippen LogP contribution in [0.3, 0.4) is 0 Å². The molecule has 0 heterocycles. The van der Waals surface area contributed by atoms with E-state index in [1.54, 1.807) is 56.3 Å². The topological polar surface area (TPSA) is 69.7 Å². The predicted molar refractivity (Wildman–Crippen MR) is 113 cm³/mol. The summed E-state index contributed by atoms with van der Waals surface area (Å²) in [6, 6.07) is 16.8. The van der Waals surface area contributed by atoms with Gasteiger partial charge in [-0.15, -0.1) is 0 Å². The highest BCUT2D eigenvalue weighted by atomic mass is 32.2. The van der Waals surface area contributed by atoms with Crippen LogP contribution in [-0.2, 0) is 19.0 Å². The molecule has 6 heteroatoms. The Morgan fingerprint density at radius 3 is 2.07 bits per heavy atom. The lowest BCUT2D eigenvalue weighted by atomic mass is 9.75. The van der Waals surface area contributed by atoms with E-state index in [4.69, 9.17) is 8.92 Å². The van der Waals surface area contributed by atoms with Gasteiger partial charge < -0.3 is 4.74 Å². The zero-order chi connectivity index (χ0) is 21.5. The zero-order valence-corrected chi connectivity index (χ0v) is 18.3. The Balaban J connectivity index is 2.21. The molecule has 0 amide bonds. The SMILES string of the molecule is CCCCC(C)(C(C)OC(=O)c1ccccc1)C(C)OS(=O)(=O)c1ccccc1. The van der Waals surface area contributed by atoms with Gasteiger partial charge in [0.15, 0.2) is 0 Å². The third-order valence-corrected chi connectivity index (χ3v) is 6.91. The number of carbonyl (C=O) groups excluding carboxylic acids is 1. The van der Waals surface area contributed by atoms with Gasteiger partial charge in [-0.3, -0.25) is 4.18 Å². The van der Waals surface area contributed by atoms with Crippen molar-refractivity contribution in [3.63, 3.8) is 0 Å². The monoisotopic (exact) mass is 418 g/mol. The first-order valence-corrected chi connectivity index (χ1v) is 11.4. The van der Waals surface area contributed by atoms with Crippen molar-refractivity contribution in [2.45, 2.75) is 64.1 Å². The van der Waals surface area contributed by atoms with Gasteiger partial charge in [0, 0.05) is 5.41 Å². The van der Waals surface area contributed by atoms with Crippen LogP contribution >= 0.6 is 0 Å². The molecule has 0 aliphatic rings. The molecule has 0 aliphatic heterocycles. The van der Waals surface area contributed by atoms with Crippen molar-refractivity contribution in [3.8, 4) is 0 Å². The van der Waals surface area contributed by atoms with Gasteiger partial charge >= 0.3 is 5.97 Å². The smallest absolute Gasteiger partial charge is 0.338 e. The summed E-state index contributed by atoms with van der Waals surface area (Å²) in [5.74, 6) is -0.432. The molecule has 0 radical (unpaired) electrons. The van der Waals surface area contributed by atoms with Gasteiger partial charge in [0.05, 0.1) is 16.6 Å². The summed E-state index contributed by atoms with van der Waals surface area (Å²) >= 11 is 0. The fourth-order valence-corrected chi connectivity index (χ4v) is 4.38. The lowest BCUT2D eigenvalue weighted by molar-refractivity contribution is -0.0521. The van der Waals surface area contributed by atoms with Crippen LogP contribution in [-0.4, -0.2) is 26.6 Å². The van der Waals surface area contributed by atoms with Crippen LogP contribution < -0.4 is 0 Å². The van der Waals surface area contributed by atoms with Crippen molar-refractivity contribution < 1.29 is 22.1 Å². The molecular formula is C23H30O5S. The second-order valence-corrected chi connectivity index (χ2v) is 9.10. The normalized spacial score (nSPS) is 15.9. The lowest BCUT2D eigenvalue weighted by Crippen LogP contribution is -2.44. The number of esters is 1. The van der Waals surface area contributed by atoms with E-state index in [2.05, 4.69) is 6.92 Å². The molecule has 2 aromatic rings. The molecule has 0 bridgehead atoms. The average molecular weight is 419 g/mol. The average Bonchev–Trinajstić information content (AvgIpc) is 2.72. The number of ether oxygens (including phenoxy) is 1. The van der Waals surface area contributed by atoms with E-state index in [1.807, 2.05) is 13.0 Å². The first-order chi connectivity index (χ1) is 13.7. The fraction of sp³-hybridized carbons (Fsp3) is 0.435. The van der Waals surface area contributed by atoms with Gasteiger partial charge in [0.25, 0.3) is 10.1 Å². The maximum Gasteiger partial charge on any atom is 0.338 e. The lowest BCUT2D eigenvalue weighted by Gasteiger charge is -2.39. The summed E-state index contributed by atoms with van der Waals surface area (Å²) in [7, 11) is -3.92. The second kappa shape index (κ2) is 10.0. The standard InChI is InChI=1S/C23H30O5S/c1-5-6-17-23(4,18(2)27-22(24)20-13-9-7-10-14-20)19(3)28-29(25,26)21-15-11-8-12-16-21/h7-16,18-19H,5-6,17H2,1-4H3. The summed E-state index contributed by atoms with van der Waals surface area (Å²) in [5.41, 5.74) is -0.217. The zero-order valence-electron chi connectivity index (χ0n) is 17.5. The summed E-state index contributed by atoms with van der Waals surface area (Å²) in [5, 5.41) is 0. The number of hydrogen-bond acceptors (Lipinski definition) is 5. The van der Waals surface area contributed by atoms with E-state index < -0.39 is 33.7 Å². The Morgan fingerprint density at radius 2 is 1.52 bits per heavy atom. The molecule has 2 aromatic carbocycles. The summed E-state index contributed by atoms with van der Waals surface area (Å²) in [4.78, 5) is 12.6. The first kappa shape index (κ1) is 23.1. The summed E-state index contributed by atoms with van der Waals surface area (Å²) in [6.07, 6.45) is 1.24. The number of hydrogen-bond donors (Lipinski definition) is 0. The van der Waals surface area contributed by atoms with E-state index in [1.165, 1.54) is 12.1 Å². The molecule has 0 aromatic heterocycles. The first-order valence-electron chi connectivity index (χ1n) is 9.95. The minimum atomic E-state index is -3.92. The Labute approximate surface area is 174 Å². The van der Waals surface area contributed by atoms with Crippen molar-refractivity contribution in [3.05, 3.63) is 66.2 Å². The Morgan fingerprint density at radius 1 is 0.966 bits per heavy atom. The highest BCUT2D eigenvalue weighted by Gasteiger charge is 2.42. The van der Waals surface area contributed by atoms with Gasteiger partial charge in [-0.05, 0) is 44.5 Å². The van der Waals surface area contributed by atoms with Crippen molar-refractivity contribution in [2.75, 3.05) is 0 Å². The molecule has 29 heavy (non-hydrogen) atoms. The van der Waals surface area contributed by atoms with Crippen LogP contribution in [0, 0.1) is 5.41 Å². The van der Waals surface area contributed by atoms with Crippen molar-refractivity contribution >= 4 is 16.1 Å². The largest absolute Gasteiger partial charge is 0.458 e. The number of carbonyl (C=O) groups is 1. The highest BCUT2D eigenvalue weighted by molar-refractivity contribution is 7.86. The molecule has 158 valence electrons. The van der Waals surface area contributed by atoms with Crippen LogP contribution in [0.2, 0.25) is 0 Å². The van der Waals surface area contributed by atoms with Crippen LogP contribution in [0.25, 0.3) is 0 Å². The molecular weight excluding hydrogens is 388 g/mol. The quantitative estimate of drug-likeness (QED) is 0.391. The summed E-state index contributed by atoms with van der Waals surface area (Å²) < 4.78 is 36.7. The van der Waals surface area contributed by atoms with Gasteiger partial charge in [-0.25, -0.2) is 4.79 Å². The van der Waals surface area contributed by atoms with Crippen LogP contribution in [0.1, 0.15) is 57.3 Å². The maximum atomic E-state index is 12.7. The molecule has 2 rings (SSSR count). The maximum absolute atomic E-state index is 12.7. The molecule has 3 atom stereocenters. The number of rotatable bonds is 10. The van der Waals surface area contributed by atoms with Crippen LogP contribution in [0.4, 0.5) is 0 Å². The van der Waals surface area contributed by atoms with Crippen LogP contribution in [0.15, 0.2) is 65.6 Å². The van der Waals surface area contributed by atoms with Crippen molar-refractivity contribution in [1.82, 2.24) is 0 Å². The summed E-state index contributed by atoms with van der Waals surface area (Å²) in [6.45, 7) is 7.50. The molecule has 0 saturated heterocycles. The molecule has 0 aliphatic carbocycles. The van der Waals surface area contributed by atoms with Gasteiger partial charge in [0.2, 0.25) is 0 Å². The second-order valence-electron chi connectivity index (χ2n) is 7.53. The number of benzene rings is 2. The molecule has 5 nitrogen and oxygen atoms in total. The van der Waals surface area contributed by atoms with E-state index in [9.17, 15) is 13.2 Å². The third-order valence-electron chi connectivity index (χ3n) is 5.52. The van der Waals surface area contributed by atoms with E-state index in [-0.39, 0.29) is 4.90 Å². The predicted octanol–water partition coefficient (Wildman–Crippen LogP) is 5.22. The Bertz CT molecular complexity index is 880. The Hall–Kier alpha value is -2.18. The molecule has 0 spiro atoms. The fourth-order valence-electron chi connectivity index (χ4n) is 3.17. The minimum Gasteiger partial charge on any atom is -0.458 e. The molecule has 0 fully saturated rings. The van der Waals surface area contributed by atoms with E-state index in [0.717, 1.165) is 12.8 Å². The van der Waals surface area contributed by atoms with Crippen molar-refractivity contribution in [1.29, 1.82) is 0 Å². The molecule has 0 saturated carbocycles. The van der Waals surface area contributed by atoms with Gasteiger partial charge in [-0.2, -0.15) is 8.42 Å². The number of unbranched alkanes of at least 4 members (excludes halogenated alkanes) is 1. The van der Waals surface area contributed by atoms with Gasteiger partial charge in [-0.1, -0.05) is 63.1 Å². The molecule has 0 N–H and O–H groups in total. The highest BCUT2D eigenvalue weighted by Crippen LogP contribution is 2.37. The minimum absolute atomic E-state index is 0.110. The van der Waals surface area contributed by atoms with Crippen molar-refractivity contribution in [2.24, 2.45) is 5.41 Å². The van der Waals surface area contributed by atoms with Gasteiger partial charge in [0.1, 0.15) is 6.10 Å². The molecule has 3 unspecified atom stereocenters. The van der Waals surface area contributed by atoms with Crippen LogP contribution in [0.5, 0.6) is 0 Å².